The highest BCUT2D eigenvalue weighted by Gasteiger charge is 2.24. The van der Waals surface area contributed by atoms with Crippen LogP contribution in [0.4, 0.5) is 0 Å². The van der Waals surface area contributed by atoms with Crippen LogP contribution in [-0.4, -0.2) is 87.5 Å². The van der Waals surface area contributed by atoms with Gasteiger partial charge < -0.3 is 19.4 Å². The van der Waals surface area contributed by atoms with Crippen molar-refractivity contribution in [2.24, 2.45) is 0 Å². The third kappa shape index (κ3) is 9.64. The molecule has 1 amide bonds. The van der Waals surface area contributed by atoms with Gasteiger partial charge in [-0.05, 0) is 6.92 Å². The number of hydrogen-bond donors (Lipinski definition) is 2. The third-order valence-corrected chi connectivity index (χ3v) is 2.85. The molecule has 1 atom stereocenters. The van der Waals surface area contributed by atoms with Crippen LogP contribution in [0.1, 0.15) is 6.92 Å². The maximum absolute atomic E-state index is 11.4. The van der Waals surface area contributed by atoms with Gasteiger partial charge in [-0.1, -0.05) is 6.58 Å². The minimum absolute atomic E-state index is 0.105. The second-order valence-corrected chi connectivity index (χ2v) is 7.00. The Morgan fingerprint density at radius 1 is 1.21 bits per heavy atom. The predicted octanol–water partition coefficient (Wildman–Crippen LogP) is -0.178. The van der Waals surface area contributed by atoms with E-state index >= 15 is 0 Å². The first-order valence-corrected chi connectivity index (χ1v) is 6.67. The summed E-state index contributed by atoms with van der Waals surface area (Å²) >= 11 is 0. The first-order valence-electron chi connectivity index (χ1n) is 6.67. The Bertz CT molecular complexity index is 319. The lowest BCUT2D eigenvalue weighted by molar-refractivity contribution is -0.906. The lowest BCUT2D eigenvalue weighted by atomic mass is 10.2. The minimum Gasteiger partial charge on any atom is -0.382 e. The average molecular weight is 273 g/mol. The highest BCUT2D eigenvalue weighted by molar-refractivity contribution is 5.91. The van der Waals surface area contributed by atoms with Crippen LogP contribution in [0.3, 0.4) is 0 Å². The van der Waals surface area contributed by atoms with Gasteiger partial charge in [0.1, 0.15) is 13.1 Å². The summed E-state index contributed by atoms with van der Waals surface area (Å²) < 4.78 is 1.42. The minimum atomic E-state index is -0.341. The van der Waals surface area contributed by atoms with Gasteiger partial charge in [0.05, 0.1) is 48.3 Å². The van der Waals surface area contributed by atoms with Gasteiger partial charge in [0.15, 0.2) is 6.10 Å². The molecule has 1 unspecified atom stereocenters. The molecule has 0 aliphatic rings. The second-order valence-electron chi connectivity index (χ2n) is 7.00. The Hall–Kier alpha value is -0.910. The highest BCUT2D eigenvalue weighted by atomic mass is 16.3. The monoisotopic (exact) mass is 273 g/mol. The number of nitrogens with zero attached hydrogens (tertiary/aromatic N) is 2. The fourth-order valence-electron chi connectivity index (χ4n) is 1.97. The molecule has 0 aromatic rings. The molecule has 0 saturated carbocycles. The molecule has 2 N–H and O–H groups in total. The highest BCUT2D eigenvalue weighted by Crippen LogP contribution is 2.03. The summed E-state index contributed by atoms with van der Waals surface area (Å²) in [4.78, 5) is 11.4. The van der Waals surface area contributed by atoms with E-state index in [-0.39, 0.29) is 12.0 Å². The number of aliphatic hydroxyl groups excluding tert-OH is 1. The van der Waals surface area contributed by atoms with Gasteiger partial charge in [-0.3, -0.25) is 4.79 Å². The summed E-state index contributed by atoms with van der Waals surface area (Å²) in [6.07, 6.45) is -0.341. The van der Waals surface area contributed by atoms with E-state index in [1.807, 2.05) is 0 Å². The number of quaternary nitrogens is 2. The smallest absolute Gasteiger partial charge is 0.246 e. The molecule has 5 nitrogen and oxygen atoms in total. The number of hydrogen-bond acceptors (Lipinski definition) is 2. The van der Waals surface area contributed by atoms with Crippen LogP contribution in [0, 0.1) is 0 Å². The van der Waals surface area contributed by atoms with Crippen LogP contribution in [-0.2, 0) is 4.79 Å². The number of carbonyl (C=O) groups is 1. The van der Waals surface area contributed by atoms with Crippen LogP contribution in [0.2, 0.25) is 0 Å². The molecule has 5 heteroatoms. The molecule has 0 heterocycles. The quantitative estimate of drug-likeness (QED) is 0.476. The van der Waals surface area contributed by atoms with Crippen molar-refractivity contribution in [1.29, 1.82) is 0 Å². The number of rotatable bonds is 8. The van der Waals surface area contributed by atoms with E-state index in [1.54, 1.807) is 6.92 Å². The van der Waals surface area contributed by atoms with E-state index in [0.29, 0.717) is 23.1 Å². The van der Waals surface area contributed by atoms with Crippen LogP contribution < -0.4 is 5.32 Å². The number of aliphatic hydroxyl groups is 1. The summed E-state index contributed by atoms with van der Waals surface area (Å²) in [5.74, 6) is -0.105. The maximum atomic E-state index is 11.4. The van der Waals surface area contributed by atoms with Crippen molar-refractivity contribution in [3.8, 4) is 0 Å². The largest absolute Gasteiger partial charge is 0.382 e. The van der Waals surface area contributed by atoms with Crippen molar-refractivity contribution < 1.29 is 18.9 Å². The van der Waals surface area contributed by atoms with Crippen LogP contribution in [0.5, 0.6) is 0 Å². The van der Waals surface area contributed by atoms with E-state index in [0.717, 1.165) is 17.6 Å². The van der Waals surface area contributed by atoms with Crippen molar-refractivity contribution in [3.05, 3.63) is 12.2 Å². The molecule has 0 aromatic carbocycles. The third-order valence-electron chi connectivity index (χ3n) is 2.85. The number of amides is 1. The van der Waals surface area contributed by atoms with E-state index in [9.17, 15) is 9.90 Å². The Morgan fingerprint density at radius 3 is 2.16 bits per heavy atom. The zero-order valence-corrected chi connectivity index (χ0v) is 13.4. The van der Waals surface area contributed by atoms with Gasteiger partial charge in [0, 0.05) is 5.57 Å². The van der Waals surface area contributed by atoms with Gasteiger partial charge in [0.2, 0.25) is 5.91 Å². The molecule has 0 saturated heterocycles. The van der Waals surface area contributed by atoms with Crippen molar-refractivity contribution in [1.82, 2.24) is 5.32 Å². The van der Waals surface area contributed by atoms with E-state index < -0.39 is 0 Å². The number of likely N-dealkylation sites (N-methyl/N-ethyl adjacent to an activating group) is 2. The van der Waals surface area contributed by atoms with Crippen LogP contribution in [0.25, 0.3) is 0 Å². The molecular weight excluding hydrogens is 242 g/mol. The van der Waals surface area contributed by atoms with Crippen molar-refractivity contribution in [2.75, 3.05) is 61.4 Å². The summed E-state index contributed by atoms with van der Waals surface area (Å²) in [5.41, 5.74) is 0.523. The topological polar surface area (TPSA) is 49.3 Å². The maximum Gasteiger partial charge on any atom is 0.246 e. The predicted molar refractivity (Wildman–Crippen MR) is 78.6 cm³/mol. The molecular formula is C14H31N3O2+2. The number of carbonyl (C=O) groups excluding carboxylic acids is 1. The molecule has 0 bridgehead atoms. The van der Waals surface area contributed by atoms with Crippen LogP contribution >= 0.6 is 0 Å². The fourth-order valence-corrected chi connectivity index (χ4v) is 1.97. The van der Waals surface area contributed by atoms with Crippen molar-refractivity contribution in [3.63, 3.8) is 0 Å². The molecule has 0 aliphatic carbocycles. The first-order chi connectivity index (χ1) is 8.43. The summed E-state index contributed by atoms with van der Waals surface area (Å²) in [6.45, 7) is 8.07. The lowest BCUT2D eigenvalue weighted by Gasteiger charge is -2.34. The SMILES string of the molecule is C=C(C)C(=O)NCC[N+](C)(C)CC(O)C[N+](C)(C)C. The van der Waals surface area contributed by atoms with Crippen molar-refractivity contribution in [2.45, 2.75) is 13.0 Å². The zero-order chi connectivity index (χ0) is 15.3. The van der Waals surface area contributed by atoms with E-state index in [2.05, 4.69) is 47.1 Å². The molecule has 0 aliphatic heterocycles. The van der Waals surface area contributed by atoms with Gasteiger partial charge in [-0.25, -0.2) is 0 Å². The molecule has 112 valence electrons. The Labute approximate surface area is 117 Å². The van der Waals surface area contributed by atoms with Gasteiger partial charge in [0.25, 0.3) is 0 Å². The normalized spacial score (nSPS) is 14.1. The molecule has 0 fully saturated rings. The van der Waals surface area contributed by atoms with Gasteiger partial charge >= 0.3 is 0 Å². The summed E-state index contributed by atoms with van der Waals surface area (Å²) in [5, 5.41) is 12.9. The fraction of sp³-hybridized carbons (Fsp3) is 0.786. The average Bonchev–Trinajstić information content (AvgIpc) is 2.12. The van der Waals surface area contributed by atoms with Crippen LogP contribution in [0.15, 0.2) is 12.2 Å². The molecule has 0 rings (SSSR count). The zero-order valence-electron chi connectivity index (χ0n) is 13.4. The number of nitrogens with one attached hydrogen (secondary N) is 1. The van der Waals surface area contributed by atoms with Gasteiger partial charge in [-0.15, -0.1) is 0 Å². The molecule has 0 radical (unpaired) electrons. The Morgan fingerprint density at radius 2 is 1.74 bits per heavy atom. The first kappa shape index (κ1) is 18.1. The molecule has 19 heavy (non-hydrogen) atoms. The Balaban J connectivity index is 4.11. The second kappa shape index (κ2) is 7.03. The Kier molecular flexibility index (Phi) is 6.69. The lowest BCUT2D eigenvalue weighted by Crippen LogP contribution is -2.53. The summed E-state index contributed by atoms with van der Waals surface area (Å²) in [7, 11) is 10.3. The van der Waals surface area contributed by atoms with E-state index in [1.165, 1.54) is 0 Å². The standard InChI is InChI=1S/C14H30N3O2/c1-12(2)14(19)15-8-9-17(6,7)11-13(18)10-16(3,4)5/h13,18H,1,8-11H2,2-7H3/q+1/p+1. The van der Waals surface area contributed by atoms with Gasteiger partial charge in [-0.2, -0.15) is 0 Å². The molecule has 0 spiro atoms. The van der Waals surface area contributed by atoms with Crippen molar-refractivity contribution >= 4 is 5.91 Å². The molecule has 0 aromatic heterocycles. The summed E-state index contributed by atoms with van der Waals surface area (Å²) in [6, 6.07) is 0. The van der Waals surface area contributed by atoms with E-state index in [4.69, 9.17) is 0 Å².